The topological polar surface area (TPSA) is 75.6 Å². The number of aromatic amines is 1. The summed E-state index contributed by atoms with van der Waals surface area (Å²) in [4.78, 5) is 20.4. The zero-order chi connectivity index (χ0) is 20.2. The molecule has 0 saturated heterocycles. The number of nitrogens with one attached hydrogen (secondary N) is 2. The maximum Gasteiger partial charge on any atom is 0.255 e. The molecule has 2 aromatic heterocycles. The van der Waals surface area contributed by atoms with Crippen LogP contribution in [0.4, 0.5) is 4.39 Å². The first-order valence-corrected chi connectivity index (χ1v) is 9.36. The van der Waals surface area contributed by atoms with Crippen molar-refractivity contribution in [3.63, 3.8) is 0 Å². The lowest BCUT2D eigenvalue weighted by atomic mass is 10.2. The molecule has 0 aliphatic carbocycles. The van der Waals surface area contributed by atoms with Crippen molar-refractivity contribution in [1.29, 1.82) is 0 Å². The van der Waals surface area contributed by atoms with E-state index < -0.39 is 5.82 Å². The fourth-order valence-corrected chi connectivity index (χ4v) is 3.09. The summed E-state index contributed by atoms with van der Waals surface area (Å²) in [5.74, 6) is -0.0173. The van der Waals surface area contributed by atoms with Gasteiger partial charge in [-0.15, -0.1) is 0 Å². The predicted octanol–water partition coefficient (Wildman–Crippen LogP) is 4.28. The van der Waals surface area contributed by atoms with Crippen LogP contribution in [0.25, 0.3) is 16.9 Å². The van der Waals surface area contributed by atoms with Crippen LogP contribution in [-0.2, 0) is 0 Å². The van der Waals surface area contributed by atoms with E-state index in [2.05, 4.69) is 20.4 Å². The largest absolute Gasteiger partial charge is 0.342 e. The van der Waals surface area contributed by atoms with Gasteiger partial charge in [0, 0.05) is 6.20 Å². The first-order valence-electron chi connectivity index (χ1n) is 9.36. The molecule has 1 unspecified atom stereocenters. The summed E-state index contributed by atoms with van der Waals surface area (Å²) in [5.41, 5.74) is 2.55. The van der Waals surface area contributed by atoms with Gasteiger partial charge < -0.3 is 10.3 Å². The Kier molecular flexibility index (Phi) is 5.20. The molecule has 1 atom stereocenters. The van der Waals surface area contributed by atoms with E-state index in [0.29, 0.717) is 17.8 Å². The van der Waals surface area contributed by atoms with Crippen LogP contribution >= 0.6 is 0 Å². The molecule has 2 N–H and O–H groups in total. The van der Waals surface area contributed by atoms with E-state index in [-0.39, 0.29) is 17.6 Å². The molecule has 0 radical (unpaired) electrons. The van der Waals surface area contributed by atoms with Crippen molar-refractivity contribution >= 4 is 5.91 Å². The molecule has 0 fully saturated rings. The molecular weight excluding hydrogens is 369 g/mol. The molecule has 0 aliphatic rings. The van der Waals surface area contributed by atoms with Gasteiger partial charge in [0.25, 0.3) is 5.91 Å². The average Bonchev–Trinajstić information content (AvgIpc) is 3.43. The SMILES string of the molecule is CCC(NC(=O)c1cnn(-c2ccccc2F)c1)c1ncc(-c2ccccc2)[nH]1. The molecule has 4 aromatic rings. The third-order valence-corrected chi connectivity index (χ3v) is 4.67. The molecule has 6 nitrogen and oxygen atoms in total. The maximum absolute atomic E-state index is 13.9. The molecule has 0 spiro atoms. The van der Waals surface area contributed by atoms with E-state index in [4.69, 9.17) is 0 Å². The average molecular weight is 389 g/mol. The number of H-pyrrole nitrogens is 1. The number of hydrogen-bond donors (Lipinski definition) is 2. The number of hydrogen-bond acceptors (Lipinski definition) is 3. The predicted molar refractivity (Wildman–Crippen MR) is 108 cm³/mol. The van der Waals surface area contributed by atoms with Gasteiger partial charge >= 0.3 is 0 Å². The summed E-state index contributed by atoms with van der Waals surface area (Å²) in [6.07, 6.45) is 5.36. The quantitative estimate of drug-likeness (QED) is 0.517. The van der Waals surface area contributed by atoms with Crippen LogP contribution in [0.3, 0.4) is 0 Å². The van der Waals surface area contributed by atoms with Crippen LogP contribution in [0.1, 0.15) is 35.6 Å². The van der Waals surface area contributed by atoms with Gasteiger partial charge in [0.15, 0.2) is 0 Å². The molecule has 7 heteroatoms. The lowest BCUT2D eigenvalue weighted by molar-refractivity contribution is 0.0934. The summed E-state index contributed by atoms with van der Waals surface area (Å²) >= 11 is 0. The molecule has 2 heterocycles. The van der Waals surface area contributed by atoms with Crippen molar-refractivity contribution in [3.05, 3.63) is 90.4 Å². The molecule has 1 amide bonds. The first-order chi connectivity index (χ1) is 14.2. The normalized spacial score (nSPS) is 11.9. The zero-order valence-electron chi connectivity index (χ0n) is 15.8. The minimum atomic E-state index is -0.405. The summed E-state index contributed by atoms with van der Waals surface area (Å²) < 4.78 is 15.3. The summed E-state index contributed by atoms with van der Waals surface area (Å²) in [5, 5.41) is 7.07. The second-order valence-corrected chi connectivity index (χ2v) is 6.61. The second kappa shape index (κ2) is 8.10. The van der Waals surface area contributed by atoms with Crippen molar-refractivity contribution in [1.82, 2.24) is 25.1 Å². The number of imidazole rings is 1. The number of carbonyl (C=O) groups is 1. The molecule has 29 heavy (non-hydrogen) atoms. The van der Waals surface area contributed by atoms with E-state index in [1.165, 1.54) is 23.1 Å². The number of amides is 1. The highest BCUT2D eigenvalue weighted by Gasteiger charge is 2.19. The molecule has 146 valence electrons. The van der Waals surface area contributed by atoms with Gasteiger partial charge in [0.2, 0.25) is 0 Å². The van der Waals surface area contributed by atoms with Gasteiger partial charge in [-0.1, -0.05) is 49.4 Å². The minimum Gasteiger partial charge on any atom is -0.342 e. The third kappa shape index (κ3) is 3.94. The van der Waals surface area contributed by atoms with Crippen molar-refractivity contribution < 1.29 is 9.18 Å². The Hall–Kier alpha value is -3.74. The number of halogens is 1. The first kappa shape index (κ1) is 18.6. The van der Waals surface area contributed by atoms with Gasteiger partial charge in [-0.3, -0.25) is 4.79 Å². The monoisotopic (exact) mass is 389 g/mol. The van der Waals surface area contributed by atoms with Crippen molar-refractivity contribution in [3.8, 4) is 16.9 Å². The number of para-hydroxylation sites is 1. The van der Waals surface area contributed by atoms with Gasteiger partial charge in [0.05, 0.1) is 29.7 Å². The number of nitrogens with zero attached hydrogens (tertiary/aromatic N) is 3. The summed E-state index contributed by atoms with van der Waals surface area (Å²) in [6, 6.07) is 15.9. The molecule has 4 rings (SSSR count). The van der Waals surface area contributed by atoms with Crippen LogP contribution in [0, 0.1) is 5.82 Å². The van der Waals surface area contributed by atoms with E-state index in [1.807, 2.05) is 37.3 Å². The smallest absolute Gasteiger partial charge is 0.255 e. The highest BCUT2D eigenvalue weighted by atomic mass is 19.1. The fraction of sp³-hybridized carbons (Fsp3) is 0.136. The Bertz CT molecular complexity index is 1120. The van der Waals surface area contributed by atoms with Gasteiger partial charge in [-0.25, -0.2) is 14.1 Å². The second-order valence-electron chi connectivity index (χ2n) is 6.61. The van der Waals surface area contributed by atoms with Crippen LogP contribution in [0.5, 0.6) is 0 Å². The van der Waals surface area contributed by atoms with E-state index in [1.54, 1.807) is 24.4 Å². The lowest BCUT2D eigenvalue weighted by Gasteiger charge is -2.14. The number of carbonyl (C=O) groups excluding carboxylic acids is 1. The number of benzene rings is 2. The number of aromatic nitrogens is 4. The maximum atomic E-state index is 13.9. The van der Waals surface area contributed by atoms with Crippen molar-refractivity contribution in [2.45, 2.75) is 19.4 Å². The standard InChI is InChI=1S/C22H20FN5O/c1-2-18(21-24-13-19(26-21)15-8-4-3-5-9-15)27-22(29)16-12-25-28(14-16)20-11-7-6-10-17(20)23/h3-14,18H,2H2,1H3,(H,24,26)(H,27,29). The number of rotatable bonds is 6. The van der Waals surface area contributed by atoms with Crippen molar-refractivity contribution in [2.24, 2.45) is 0 Å². The Labute approximate surface area is 167 Å². The highest BCUT2D eigenvalue weighted by molar-refractivity contribution is 5.94. The Morgan fingerprint density at radius 2 is 1.90 bits per heavy atom. The van der Waals surface area contributed by atoms with E-state index in [9.17, 15) is 9.18 Å². The van der Waals surface area contributed by atoms with Crippen LogP contribution in [0.15, 0.2) is 73.2 Å². The third-order valence-electron chi connectivity index (χ3n) is 4.67. The lowest BCUT2D eigenvalue weighted by Crippen LogP contribution is -2.28. The molecule has 0 aliphatic heterocycles. The Balaban J connectivity index is 1.50. The van der Waals surface area contributed by atoms with Gasteiger partial charge in [0.1, 0.15) is 17.3 Å². The highest BCUT2D eigenvalue weighted by Crippen LogP contribution is 2.21. The van der Waals surface area contributed by atoms with Crippen LogP contribution < -0.4 is 5.32 Å². The Morgan fingerprint density at radius 3 is 2.66 bits per heavy atom. The van der Waals surface area contributed by atoms with E-state index in [0.717, 1.165) is 11.3 Å². The summed E-state index contributed by atoms with van der Waals surface area (Å²) in [7, 11) is 0. The minimum absolute atomic E-state index is 0.281. The molecule has 0 bridgehead atoms. The molecular formula is C22H20FN5O. The van der Waals surface area contributed by atoms with Crippen LogP contribution in [-0.4, -0.2) is 25.7 Å². The fourth-order valence-electron chi connectivity index (χ4n) is 3.09. The van der Waals surface area contributed by atoms with Crippen LogP contribution in [0.2, 0.25) is 0 Å². The van der Waals surface area contributed by atoms with Crippen molar-refractivity contribution in [2.75, 3.05) is 0 Å². The Morgan fingerprint density at radius 1 is 1.14 bits per heavy atom. The molecule has 2 aromatic carbocycles. The molecule has 0 saturated carbocycles. The summed E-state index contributed by atoms with van der Waals surface area (Å²) in [6.45, 7) is 1.97. The van der Waals surface area contributed by atoms with Gasteiger partial charge in [-0.05, 0) is 24.1 Å². The zero-order valence-corrected chi connectivity index (χ0v) is 15.8. The van der Waals surface area contributed by atoms with E-state index >= 15 is 0 Å². The van der Waals surface area contributed by atoms with Gasteiger partial charge in [-0.2, -0.15) is 5.10 Å².